The summed E-state index contributed by atoms with van der Waals surface area (Å²) in [5.41, 5.74) is 8.76. The topological polar surface area (TPSA) is 54.2 Å². The Balaban J connectivity index is 1.49. The zero-order valence-electron chi connectivity index (χ0n) is 16.3. The number of nitrogens with zero attached hydrogens (tertiary/aromatic N) is 3. The van der Waals surface area contributed by atoms with E-state index in [2.05, 4.69) is 69.1 Å². The third-order valence-electron chi connectivity index (χ3n) is 5.12. The monoisotopic (exact) mass is 414 g/mol. The van der Waals surface area contributed by atoms with Crippen LogP contribution < -0.4 is 10.4 Å². The first-order valence-electron chi connectivity index (χ1n) is 9.67. The smallest absolute Gasteiger partial charge is 0.257 e. The maximum absolute atomic E-state index is 6.07. The minimum atomic E-state index is 0.0732. The number of hydrazine groups is 1. The van der Waals surface area contributed by atoms with Gasteiger partial charge in [0.2, 0.25) is 0 Å². The Morgan fingerprint density at radius 3 is 2.40 bits per heavy atom. The summed E-state index contributed by atoms with van der Waals surface area (Å²) in [5, 5.41) is 6.76. The summed E-state index contributed by atoms with van der Waals surface area (Å²) >= 11 is 6.07. The van der Waals surface area contributed by atoms with E-state index in [1.807, 2.05) is 43.5 Å². The van der Waals surface area contributed by atoms with Crippen LogP contribution in [0, 0.1) is 6.92 Å². The van der Waals surface area contributed by atoms with Gasteiger partial charge in [-0.25, -0.2) is 0 Å². The summed E-state index contributed by atoms with van der Waals surface area (Å²) in [6.07, 6.45) is 4.11. The van der Waals surface area contributed by atoms with E-state index < -0.39 is 0 Å². The lowest BCUT2D eigenvalue weighted by Gasteiger charge is -2.29. The van der Waals surface area contributed by atoms with E-state index in [1.165, 1.54) is 0 Å². The van der Waals surface area contributed by atoms with E-state index >= 15 is 0 Å². The third kappa shape index (κ3) is 3.44. The van der Waals surface area contributed by atoms with Crippen molar-refractivity contribution in [3.8, 4) is 22.6 Å². The Morgan fingerprint density at radius 1 is 0.933 bits per heavy atom. The molecule has 0 spiro atoms. The molecule has 30 heavy (non-hydrogen) atoms. The molecule has 1 aromatic heterocycles. The summed E-state index contributed by atoms with van der Waals surface area (Å²) in [7, 11) is 0. The first kappa shape index (κ1) is 18.5. The number of anilines is 1. The van der Waals surface area contributed by atoms with Crippen LogP contribution in [-0.4, -0.2) is 10.1 Å². The van der Waals surface area contributed by atoms with Gasteiger partial charge in [-0.05, 0) is 54.5 Å². The van der Waals surface area contributed by atoms with Crippen molar-refractivity contribution < 1.29 is 4.52 Å². The van der Waals surface area contributed by atoms with E-state index in [1.54, 1.807) is 0 Å². The SMILES string of the molecule is Cc1noc(-c2ccc(-c3ccccc3N3NC=CC3c3ccc(Cl)cc3)cc2)n1. The van der Waals surface area contributed by atoms with Gasteiger partial charge in [-0.15, -0.1) is 0 Å². The summed E-state index contributed by atoms with van der Waals surface area (Å²) in [4.78, 5) is 4.30. The molecule has 4 aromatic rings. The van der Waals surface area contributed by atoms with E-state index in [0.29, 0.717) is 11.7 Å². The van der Waals surface area contributed by atoms with Crippen LogP contribution in [0.25, 0.3) is 22.6 Å². The van der Waals surface area contributed by atoms with Gasteiger partial charge >= 0.3 is 0 Å². The van der Waals surface area contributed by atoms with Crippen molar-refractivity contribution in [1.82, 2.24) is 15.6 Å². The lowest BCUT2D eigenvalue weighted by Crippen LogP contribution is -2.32. The van der Waals surface area contributed by atoms with Gasteiger partial charge in [-0.3, -0.25) is 5.01 Å². The molecule has 1 N–H and O–H groups in total. The van der Waals surface area contributed by atoms with Crippen LogP contribution in [0.2, 0.25) is 5.02 Å². The van der Waals surface area contributed by atoms with Crippen molar-refractivity contribution >= 4 is 17.3 Å². The normalized spacial score (nSPS) is 15.4. The number of benzene rings is 3. The highest BCUT2D eigenvalue weighted by molar-refractivity contribution is 6.30. The van der Waals surface area contributed by atoms with Crippen molar-refractivity contribution in [2.75, 3.05) is 5.01 Å². The molecule has 1 unspecified atom stereocenters. The van der Waals surface area contributed by atoms with Crippen LogP contribution in [0.4, 0.5) is 5.69 Å². The van der Waals surface area contributed by atoms with Crippen LogP contribution in [-0.2, 0) is 0 Å². The molecule has 0 amide bonds. The Labute approximate surface area is 179 Å². The second-order valence-corrected chi connectivity index (χ2v) is 7.53. The highest BCUT2D eigenvalue weighted by atomic mass is 35.5. The standard InChI is InChI=1S/C24H19ClN4O/c1-16-27-24(30-28-16)19-8-6-17(7-9-19)21-4-2-3-5-23(21)29-22(14-15-26-29)18-10-12-20(25)13-11-18/h2-15,22,26H,1H3. The van der Waals surface area contributed by atoms with Gasteiger partial charge in [0, 0.05) is 22.3 Å². The van der Waals surface area contributed by atoms with Gasteiger partial charge in [0.1, 0.15) is 0 Å². The highest BCUT2D eigenvalue weighted by Crippen LogP contribution is 2.37. The molecule has 148 valence electrons. The minimum Gasteiger partial charge on any atom is -0.334 e. The third-order valence-corrected chi connectivity index (χ3v) is 5.37. The number of hydrogen-bond acceptors (Lipinski definition) is 5. The summed E-state index contributed by atoms with van der Waals surface area (Å²) < 4.78 is 5.28. The average Bonchev–Trinajstić information content (AvgIpc) is 3.44. The number of hydrogen-bond donors (Lipinski definition) is 1. The second kappa shape index (κ2) is 7.69. The molecule has 5 nitrogen and oxygen atoms in total. The largest absolute Gasteiger partial charge is 0.334 e. The number of rotatable bonds is 4. The molecule has 5 rings (SSSR count). The summed E-state index contributed by atoms with van der Waals surface area (Å²) in [5.74, 6) is 1.15. The maximum Gasteiger partial charge on any atom is 0.257 e. The number of halogens is 1. The number of para-hydroxylation sites is 1. The van der Waals surface area contributed by atoms with E-state index in [9.17, 15) is 0 Å². The van der Waals surface area contributed by atoms with Crippen LogP contribution in [0.3, 0.4) is 0 Å². The first-order valence-corrected chi connectivity index (χ1v) is 10.0. The first-order chi connectivity index (χ1) is 14.7. The van der Waals surface area contributed by atoms with Gasteiger partial charge in [-0.1, -0.05) is 59.2 Å². The van der Waals surface area contributed by atoms with Crippen molar-refractivity contribution in [3.63, 3.8) is 0 Å². The molecule has 1 aliphatic heterocycles. The van der Waals surface area contributed by atoms with Crippen molar-refractivity contribution in [3.05, 3.63) is 101 Å². The quantitative estimate of drug-likeness (QED) is 0.447. The molecule has 0 fully saturated rings. The molecule has 1 atom stereocenters. The van der Waals surface area contributed by atoms with Gasteiger partial charge in [0.05, 0.1) is 11.7 Å². The highest BCUT2D eigenvalue weighted by Gasteiger charge is 2.24. The van der Waals surface area contributed by atoms with E-state index in [4.69, 9.17) is 16.1 Å². The Bertz CT molecular complexity index is 1200. The van der Waals surface area contributed by atoms with E-state index in [0.717, 1.165) is 33.0 Å². The number of nitrogens with one attached hydrogen (secondary N) is 1. The van der Waals surface area contributed by atoms with Gasteiger partial charge in [0.25, 0.3) is 5.89 Å². The summed E-state index contributed by atoms with van der Waals surface area (Å²) in [6, 6.07) is 24.5. The summed E-state index contributed by atoms with van der Waals surface area (Å²) in [6.45, 7) is 1.81. The van der Waals surface area contributed by atoms with Crippen LogP contribution in [0.5, 0.6) is 0 Å². The molecule has 0 aliphatic carbocycles. The predicted molar refractivity (Wildman–Crippen MR) is 119 cm³/mol. The zero-order valence-corrected chi connectivity index (χ0v) is 17.0. The molecule has 3 aromatic carbocycles. The molecule has 0 saturated carbocycles. The lowest BCUT2D eigenvalue weighted by atomic mass is 10.00. The number of aromatic nitrogens is 2. The zero-order chi connectivity index (χ0) is 20.5. The van der Waals surface area contributed by atoms with Gasteiger partial charge in [0.15, 0.2) is 5.82 Å². The van der Waals surface area contributed by atoms with Crippen LogP contribution in [0.15, 0.2) is 89.6 Å². The van der Waals surface area contributed by atoms with Crippen molar-refractivity contribution in [2.45, 2.75) is 13.0 Å². The molecule has 0 bridgehead atoms. The van der Waals surface area contributed by atoms with Crippen molar-refractivity contribution in [2.24, 2.45) is 0 Å². The molecule has 6 heteroatoms. The molecule has 2 heterocycles. The van der Waals surface area contributed by atoms with Gasteiger partial charge in [-0.2, -0.15) is 4.98 Å². The fourth-order valence-corrected chi connectivity index (χ4v) is 3.78. The van der Waals surface area contributed by atoms with Crippen molar-refractivity contribution in [1.29, 1.82) is 0 Å². The molecule has 0 saturated heterocycles. The van der Waals surface area contributed by atoms with Gasteiger partial charge < -0.3 is 9.95 Å². The Hall–Kier alpha value is -3.57. The fourth-order valence-electron chi connectivity index (χ4n) is 3.65. The van der Waals surface area contributed by atoms with E-state index in [-0.39, 0.29) is 6.04 Å². The number of aryl methyl sites for hydroxylation is 1. The predicted octanol–water partition coefficient (Wildman–Crippen LogP) is 5.95. The molecular formula is C24H19ClN4O. The lowest BCUT2D eigenvalue weighted by molar-refractivity contribution is 0.425. The molecule has 0 radical (unpaired) electrons. The molecular weight excluding hydrogens is 396 g/mol. The van der Waals surface area contributed by atoms with Crippen LogP contribution >= 0.6 is 11.6 Å². The minimum absolute atomic E-state index is 0.0732. The second-order valence-electron chi connectivity index (χ2n) is 7.10. The Kier molecular flexibility index (Phi) is 4.73. The fraction of sp³-hybridized carbons (Fsp3) is 0.0833. The maximum atomic E-state index is 6.07. The average molecular weight is 415 g/mol. The Morgan fingerprint density at radius 2 is 1.67 bits per heavy atom. The van der Waals surface area contributed by atoms with Crippen LogP contribution in [0.1, 0.15) is 17.4 Å². The molecule has 1 aliphatic rings.